The van der Waals surface area contributed by atoms with E-state index in [-0.39, 0.29) is 12.4 Å². The second-order valence-electron chi connectivity index (χ2n) is 4.53. The van der Waals surface area contributed by atoms with Gasteiger partial charge in [0.25, 0.3) is 0 Å². The molecule has 2 nitrogen and oxygen atoms in total. The molecule has 0 unspecified atom stereocenters. The summed E-state index contributed by atoms with van der Waals surface area (Å²) in [6.07, 6.45) is 1.09. The van der Waals surface area contributed by atoms with Gasteiger partial charge in [0.05, 0.1) is 0 Å². The summed E-state index contributed by atoms with van der Waals surface area (Å²) in [5.41, 5.74) is 0. The van der Waals surface area contributed by atoms with Crippen LogP contribution in [-0.4, -0.2) is 6.54 Å². The Hall–Kier alpha value is -0.980. The molecule has 2 aromatic rings. The van der Waals surface area contributed by atoms with E-state index in [1.807, 2.05) is 12.1 Å². The molecule has 0 fully saturated rings. The van der Waals surface area contributed by atoms with Crippen molar-refractivity contribution in [3.8, 4) is 5.75 Å². The Morgan fingerprint density at radius 2 is 2.00 bits per heavy atom. The zero-order valence-electron chi connectivity index (χ0n) is 11.6. The molecule has 2 rings (SSSR count). The smallest absolute Gasteiger partial charge is 0.200 e. The van der Waals surface area contributed by atoms with Gasteiger partial charge in [-0.3, -0.25) is 0 Å². The van der Waals surface area contributed by atoms with E-state index in [4.69, 9.17) is 4.74 Å². The standard InChI is InChI=1S/C15H16BrF2NOS/c1-2-5-19-8-11-3-4-12(21-11)9-20-14-7-10(16)6-13(17)15(14)18/h3-4,6-7,19H,2,5,8-9H2,1H3. The van der Waals surface area contributed by atoms with Crippen LogP contribution in [-0.2, 0) is 13.2 Å². The number of benzene rings is 1. The van der Waals surface area contributed by atoms with Crippen molar-refractivity contribution < 1.29 is 13.5 Å². The Morgan fingerprint density at radius 1 is 1.24 bits per heavy atom. The van der Waals surface area contributed by atoms with Crippen LogP contribution in [0.3, 0.4) is 0 Å². The predicted octanol–water partition coefficient (Wildman–Crippen LogP) is 4.87. The zero-order valence-corrected chi connectivity index (χ0v) is 14.0. The topological polar surface area (TPSA) is 21.3 Å². The molecule has 1 aromatic heterocycles. The predicted molar refractivity (Wildman–Crippen MR) is 84.7 cm³/mol. The van der Waals surface area contributed by atoms with Gasteiger partial charge >= 0.3 is 0 Å². The van der Waals surface area contributed by atoms with E-state index < -0.39 is 11.6 Å². The van der Waals surface area contributed by atoms with Crippen LogP contribution in [0.25, 0.3) is 0 Å². The Kier molecular flexibility index (Phi) is 6.14. The van der Waals surface area contributed by atoms with Gasteiger partial charge in [-0.2, -0.15) is 4.39 Å². The number of nitrogens with one attached hydrogen (secondary N) is 1. The van der Waals surface area contributed by atoms with Crippen LogP contribution in [0.15, 0.2) is 28.7 Å². The van der Waals surface area contributed by atoms with E-state index in [1.165, 1.54) is 10.9 Å². The van der Waals surface area contributed by atoms with Gasteiger partial charge in [-0.1, -0.05) is 22.9 Å². The lowest BCUT2D eigenvalue weighted by Gasteiger charge is -2.07. The maximum atomic E-state index is 13.6. The number of ether oxygens (including phenoxy) is 1. The summed E-state index contributed by atoms with van der Waals surface area (Å²) in [6.45, 7) is 4.14. The molecule has 0 saturated heterocycles. The lowest BCUT2D eigenvalue weighted by Crippen LogP contribution is -2.12. The third-order valence-corrected chi connectivity index (χ3v) is 4.29. The SMILES string of the molecule is CCCNCc1ccc(COc2cc(Br)cc(F)c2F)s1. The highest BCUT2D eigenvalue weighted by Crippen LogP contribution is 2.27. The summed E-state index contributed by atoms with van der Waals surface area (Å²) in [4.78, 5) is 2.17. The van der Waals surface area contributed by atoms with Crippen LogP contribution in [0, 0.1) is 11.6 Å². The van der Waals surface area contributed by atoms with Crippen molar-refractivity contribution in [1.82, 2.24) is 5.32 Å². The second-order valence-corrected chi connectivity index (χ2v) is 6.70. The van der Waals surface area contributed by atoms with Crippen molar-refractivity contribution >= 4 is 27.3 Å². The molecular formula is C15H16BrF2NOS. The molecule has 1 heterocycles. The summed E-state index contributed by atoms with van der Waals surface area (Å²) >= 11 is 4.72. The van der Waals surface area contributed by atoms with E-state index in [0.717, 1.165) is 30.5 Å². The van der Waals surface area contributed by atoms with E-state index in [2.05, 4.69) is 28.2 Å². The molecular weight excluding hydrogens is 360 g/mol. The van der Waals surface area contributed by atoms with Crippen molar-refractivity contribution in [3.63, 3.8) is 0 Å². The summed E-state index contributed by atoms with van der Waals surface area (Å²) in [6, 6.07) is 6.46. The minimum atomic E-state index is -0.959. The molecule has 0 aliphatic carbocycles. The van der Waals surface area contributed by atoms with Crippen molar-refractivity contribution in [2.75, 3.05) is 6.54 Å². The van der Waals surface area contributed by atoms with Gasteiger partial charge in [0.15, 0.2) is 11.6 Å². The molecule has 0 radical (unpaired) electrons. The van der Waals surface area contributed by atoms with Gasteiger partial charge in [0.2, 0.25) is 5.82 Å². The summed E-state index contributed by atoms with van der Waals surface area (Å²) in [5, 5.41) is 3.32. The van der Waals surface area contributed by atoms with Crippen LogP contribution in [0.5, 0.6) is 5.75 Å². The fraction of sp³-hybridized carbons (Fsp3) is 0.333. The molecule has 0 aliphatic heterocycles. The van der Waals surface area contributed by atoms with Gasteiger partial charge in [0, 0.05) is 20.8 Å². The minimum Gasteiger partial charge on any atom is -0.485 e. The molecule has 0 aliphatic rings. The van der Waals surface area contributed by atoms with Gasteiger partial charge in [-0.25, -0.2) is 4.39 Å². The lowest BCUT2D eigenvalue weighted by molar-refractivity contribution is 0.287. The van der Waals surface area contributed by atoms with Gasteiger partial charge in [-0.05, 0) is 37.2 Å². The third kappa shape index (κ3) is 4.76. The molecule has 1 N–H and O–H groups in total. The maximum absolute atomic E-state index is 13.6. The van der Waals surface area contributed by atoms with Crippen molar-refractivity contribution in [2.24, 2.45) is 0 Å². The minimum absolute atomic E-state index is 0.0825. The highest BCUT2D eigenvalue weighted by atomic mass is 79.9. The first-order valence-corrected chi connectivity index (χ1v) is 8.26. The molecule has 0 atom stereocenters. The first-order valence-electron chi connectivity index (χ1n) is 6.65. The number of hydrogen-bond donors (Lipinski definition) is 1. The number of thiophene rings is 1. The highest BCUT2D eigenvalue weighted by Gasteiger charge is 2.12. The van der Waals surface area contributed by atoms with Gasteiger partial charge in [-0.15, -0.1) is 11.3 Å². The second kappa shape index (κ2) is 7.87. The highest BCUT2D eigenvalue weighted by molar-refractivity contribution is 9.10. The van der Waals surface area contributed by atoms with E-state index in [1.54, 1.807) is 11.3 Å². The summed E-state index contributed by atoms with van der Waals surface area (Å²) < 4.78 is 32.6. The summed E-state index contributed by atoms with van der Waals surface area (Å²) in [7, 11) is 0. The lowest BCUT2D eigenvalue weighted by atomic mass is 10.3. The van der Waals surface area contributed by atoms with Crippen LogP contribution < -0.4 is 10.1 Å². The fourth-order valence-corrected chi connectivity index (χ4v) is 3.08. The largest absolute Gasteiger partial charge is 0.485 e. The maximum Gasteiger partial charge on any atom is 0.200 e. The molecule has 1 aromatic carbocycles. The van der Waals surface area contributed by atoms with Crippen LogP contribution >= 0.6 is 27.3 Å². The third-order valence-electron chi connectivity index (χ3n) is 2.77. The molecule has 0 bridgehead atoms. The van der Waals surface area contributed by atoms with Crippen LogP contribution in [0.2, 0.25) is 0 Å². The average molecular weight is 376 g/mol. The first kappa shape index (κ1) is 16.4. The molecule has 114 valence electrons. The molecule has 6 heteroatoms. The number of rotatable bonds is 7. The zero-order chi connectivity index (χ0) is 15.2. The van der Waals surface area contributed by atoms with Crippen LogP contribution in [0.4, 0.5) is 8.78 Å². The number of hydrogen-bond acceptors (Lipinski definition) is 3. The molecule has 0 saturated carbocycles. The van der Waals surface area contributed by atoms with Crippen molar-refractivity contribution in [1.29, 1.82) is 0 Å². The van der Waals surface area contributed by atoms with Crippen molar-refractivity contribution in [2.45, 2.75) is 26.5 Å². The monoisotopic (exact) mass is 375 g/mol. The molecule has 0 spiro atoms. The van der Waals surface area contributed by atoms with E-state index in [0.29, 0.717) is 4.47 Å². The summed E-state index contributed by atoms with van der Waals surface area (Å²) in [5.74, 6) is -1.96. The number of halogens is 3. The first-order chi connectivity index (χ1) is 10.1. The Labute approximate surface area is 135 Å². The quantitative estimate of drug-likeness (QED) is 0.550. The van der Waals surface area contributed by atoms with E-state index >= 15 is 0 Å². The van der Waals surface area contributed by atoms with E-state index in [9.17, 15) is 8.78 Å². The molecule has 21 heavy (non-hydrogen) atoms. The Morgan fingerprint density at radius 3 is 2.76 bits per heavy atom. The Bertz CT molecular complexity index is 603. The van der Waals surface area contributed by atoms with Gasteiger partial charge in [0.1, 0.15) is 6.61 Å². The average Bonchev–Trinajstić information content (AvgIpc) is 2.89. The van der Waals surface area contributed by atoms with Gasteiger partial charge < -0.3 is 10.1 Å². The Balaban J connectivity index is 1.94. The van der Waals surface area contributed by atoms with Crippen LogP contribution in [0.1, 0.15) is 23.1 Å². The fourth-order valence-electron chi connectivity index (χ4n) is 1.77. The normalized spacial score (nSPS) is 10.9. The van der Waals surface area contributed by atoms with Crippen molar-refractivity contribution in [3.05, 3.63) is 50.1 Å². The molecule has 0 amide bonds.